The van der Waals surface area contributed by atoms with Gasteiger partial charge in [0.1, 0.15) is 18.1 Å². The van der Waals surface area contributed by atoms with Gasteiger partial charge in [-0.2, -0.15) is 0 Å². The molecule has 0 aliphatic carbocycles. The first-order valence-corrected chi connectivity index (χ1v) is 10.9. The zero-order valence-corrected chi connectivity index (χ0v) is 18.9. The molecule has 172 valence electrons. The molecule has 0 radical (unpaired) electrons. The minimum Gasteiger partial charge on any atom is -0.492 e. The Morgan fingerprint density at radius 2 is 1.79 bits per heavy atom. The number of pyridine rings is 1. The van der Waals surface area contributed by atoms with Gasteiger partial charge in [-0.3, -0.25) is 0 Å². The van der Waals surface area contributed by atoms with Crippen LogP contribution in [0, 0.1) is 0 Å². The highest BCUT2D eigenvalue weighted by Crippen LogP contribution is 2.43. The van der Waals surface area contributed by atoms with Gasteiger partial charge in [-0.15, -0.1) is 0 Å². The number of furan rings is 1. The molecule has 2 aromatic carbocycles. The SMILES string of the molecule is CN(C)CCOc1ccc(-c2oc3nccc(NCC(O)CO)c3c2-c2ccccc2)cc1. The molecule has 7 nitrogen and oxygen atoms in total. The number of benzene rings is 2. The lowest BCUT2D eigenvalue weighted by Gasteiger charge is -2.12. The van der Waals surface area contributed by atoms with Gasteiger partial charge in [0.05, 0.1) is 18.1 Å². The summed E-state index contributed by atoms with van der Waals surface area (Å²) in [7, 11) is 4.03. The van der Waals surface area contributed by atoms with Gasteiger partial charge < -0.3 is 29.6 Å². The van der Waals surface area contributed by atoms with Crippen LogP contribution >= 0.6 is 0 Å². The Balaban J connectivity index is 1.75. The van der Waals surface area contributed by atoms with Crippen molar-refractivity contribution in [2.75, 3.05) is 45.7 Å². The highest BCUT2D eigenvalue weighted by atomic mass is 16.5. The molecule has 4 rings (SSSR count). The van der Waals surface area contributed by atoms with Gasteiger partial charge in [0.25, 0.3) is 0 Å². The van der Waals surface area contributed by atoms with E-state index in [1.165, 1.54) is 0 Å². The third-order valence-corrected chi connectivity index (χ3v) is 5.32. The molecule has 0 saturated heterocycles. The van der Waals surface area contributed by atoms with E-state index in [0.717, 1.165) is 40.1 Å². The summed E-state index contributed by atoms with van der Waals surface area (Å²) in [5, 5.41) is 23.0. The maximum Gasteiger partial charge on any atom is 0.229 e. The van der Waals surface area contributed by atoms with Crippen molar-refractivity contribution < 1.29 is 19.4 Å². The van der Waals surface area contributed by atoms with Crippen LogP contribution in [0.3, 0.4) is 0 Å². The molecule has 0 spiro atoms. The number of aliphatic hydroxyl groups is 2. The molecule has 2 heterocycles. The Labute approximate surface area is 193 Å². The Hall–Kier alpha value is -3.39. The molecule has 0 amide bonds. The van der Waals surface area contributed by atoms with Crippen molar-refractivity contribution in [2.24, 2.45) is 0 Å². The van der Waals surface area contributed by atoms with Gasteiger partial charge in [0, 0.05) is 36.1 Å². The van der Waals surface area contributed by atoms with Gasteiger partial charge >= 0.3 is 0 Å². The summed E-state index contributed by atoms with van der Waals surface area (Å²) in [5.41, 5.74) is 4.11. The quantitative estimate of drug-likeness (QED) is 0.340. The minimum absolute atomic E-state index is 0.212. The van der Waals surface area contributed by atoms with Crippen LogP contribution in [0.4, 0.5) is 5.69 Å². The van der Waals surface area contributed by atoms with Crippen LogP contribution in [0.1, 0.15) is 0 Å². The van der Waals surface area contributed by atoms with E-state index < -0.39 is 6.10 Å². The van der Waals surface area contributed by atoms with Crippen LogP contribution in [0.5, 0.6) is 5.75 Å². The normalized spacial score (nSPS) is 12.3. The number of hydrogen-bond donors (Lipinski definition) is 3. The standard InChI is InChI=1S/C26H29N3O4/c1-29(2)14-15-32-21-10-8-19(9-11-21)25-23(18-6-4-3-5-7-18)24-22(28-16-20(31)17-30)12-13-27-26(24)33-25/h3-13,20,30-31H,14-17H2,1-2H3,(H,27,28). The van der Waals surface area contributed by atoms with Crippen molar-refractivity contribution in [3.05, 3.63) is 66.9 Å². The molecule has 7 heteroatoms. The van der Waals surface area contributed by atoms with Gasteiger partial charge in [0.15, 0.2) is 0 Å². The maximum absolute atomic E-state index is 9.81. The van der Waals surface area contributed by atoms with Crippen molar-refractivity contribution in [3.63, 3.8) is 0 Å². The van der Waals surface area contributed by atoms with E-state index in [9.17, 15) is 10.2 Å². The number of rotatable bonds is 10. The van der Waals surface area contributed by atoms with Gasteiger partial charge in [-0.05, 0) is 50.0 Å². The molecular weight excluding hydrogens is 418 g/mol. The summed E-state index contributed by atoms with van der Waals surface area (Å²) in [6, 6.07) is 19.7. The summed E-state index contributed by atoms with van der Waals surface area (Å²) in [6.07, 6.45) is 0.805. The molecule has 0 bridgehead atoms. The van der Waals surface area contributed by atoms with Crippen molar-refractivity contribution in [2.45, 2.75) is 6.10 Å². The van der Waals surface area contributed by atoms with Crippen molar-refractivity contribution in [1.29, 1.82) is 0 Å². The van der Waals surface area contributed by atoms with Gasteiger partial charge in [-0.25, -0.2) is 4.98 Å². The lowest BCUT2D eigenvalue weighted by atomic mass is 9.98. The summed E-state index contributed by atoms with van der Waals surface area (Å²) in [4.78, 5) is 6.52. The number of aromatic nitrogens is 1. The van der Waals surface area contributed by atoms with E-state index in [0.29, 0.717) is 18.1 Å². The molecule has 3 N–H and O–H groups in total. The van der Waals surface area contributed by atoms with E-state index in [1.54, 1.807) is 6.20 Å². The third kappa shape index (κ3) is 5.34. The first-order chi connectivity index (χ1) is 16.1. The first-order valence-electron chi connectivity index (χ1n) is 10.9. The second kappa shape index (κ2) is 10.5. The zero-order chi connectivity index (χ0) is 23.2. The van der Waals surface area contributed by atoms with Crippen LogP contribution in [0.25, 0.3) is 33.6 Å². The zero-order valence-electron chi connectivity index (χ0n) is 18.9. The molecule has 0 saturated carbocycles. The first kappa shape index (κ1) is 22.8. The Morgan fingerprint density at radius 1 is 1.03 bits per heavy atom. The van der Waals surface area contributed by atoms with E-state index in [2.05, 4.69) is 15.2 Å². The van der Waals surface area contributed by atoms with Crippen LogP contribution < -0.4 is 10.1 Å². The molecule has 33 heavy (non-hydrogen) atoms. The number of anilines is 1. The highest BCUT2D eigenvalue weighted by molar-refractivity contribution is 6.06. The summed E-state index contributed by atoms with van der Waals surface area (Å²) in [5.74, 6) is 1.51. The number of ether oxygens (including phenoxy) is 1. The summed E-state index contributed by atoms with van der Waals surface area (Å²) in [6.45, 7) is 1.36. The van der Waals surface area contributed by atoms with E-state index >= 15 is 0 Å². The smallest absolute Gasteiger partial charge is 0.229 e. The van der Waals surface area contributed by atoms with Crippen molar-refractivity contribution >= 4 is 16.8 Å². The highest BCUT2D eigenvalue weighted by Gasteiger charge is 2.21. The van der Waals surface area contributed by atoms with Crippen LogP contribution in [0.2, 0.25) is 0 Å². The largest absolute Gasteiger partial charge is 0.492 e. The van der Waals surface area contributed by atoms with Crippen LogP contribution in [-0.4, -0.2) is 66.6 Å². The lowest BCUT2D eigenvalue weighted by Crippen LogP contribution is -2.23. The number of fused-ring (bicyclic) bond motifs is 1. The van der Waals surface area contributed by atoms with Gasteiger partial charge in [0.2, 0.25) is 5.71 Å². The van der Waals surface area contributed by atoms with Crippen molar-refractivity contribution in [1.82, 2.24) is 9.88 Å². The van der Waals surface area contributed by atoms with Gasteiger partial charge in [-0.1, -0.05) is 30.3 Å². The fourth-order valence-corrected chi connectivity index (χ4v) is 3.59. The number of hydrogen-bond acceptors (Lipinski definition) is 7. The topological polar surface area (TPSA) is 91.0 Å². The number of nitrogens with zero attached hydrogens (tertiary/aromatic N) is 2. The number of aliphatic hydroxyl groups excluding tert-OH is 2. The molecule has 1 unspecified atom stereocenters. The van der Waals surface area contributed by atoms with Crippen LogP contribution in [-0.2, 0) is 0 Å². The fraction of sp³-hybridized carbons (Fsp3) is 0.269. The monoisotopic (exact) mass is 447 g/mol. The molecule has 4 aromatic rings. The Morgan fingerprint density at radius 3 is 2.48 bits per heavy atom. The maximum atomic E-state index is 9.81. The average Bonchev–Trinajstić information content (AvgIpc) is 3.23. The number of nitrogens with one attached hydrogen (secondary N) is 1. The number of likely N-dealkylation sites (N-methyl/N-ethyl adjacent to an activating group) is 1. The summed E-state index contributed by atoms with van der Waals surface area (Å²) < 4.78 is 12.1. The molecule has 0 aliphatic heterocycles. The van der Waals surface area contributed by atoms with E-state index in [1.807, 2.05) is 74.8 Å². The van der Waals surface area contributed by atoms with E-state index in [4.69, 9.17) is 9.15 Å². The fourth-order valence-electron chi connectivity index (χ4n) is 3.59. The molecule has 1 atom stereocenters. The molecule has 0 fully saturated rings. The van der Waals surface area contributed by atoms with Crippen LogP contribution in [0.15, 0.2) is 71.3 Å². The molecule has 2 aromatic heterocycles. The predicted octanol–water partition coefficient (Wildman–Crippen LogP) is 3.87. The minimum atomic E-state index is -0.861. The summed E-state index contributed by atoms with van der Waals surface area (Å²) >= 11 is 0. The second-order valence-electron chi connectivity index (χ2n) is 8.10. The van der Waals surface area contributed by atoms with Crippen molar-refractivity contribution in [3.8, 4) is 28.2 Å². The molecule has 0 aliphatic rings. The predicted molar refractivity (Wildman–Crippen MR) is 131 cm³/mol. The second-order valence-corrected chi connectivity index (χ2v) is 8.10. The Bertz CT molecular complexity index is 1170. The Kier molecular flexibility index (Phi) is 7.24. The average molecular weight is 448 g/mol. The lowest BCUT2D eigenvalue weighted by molar-refractivity contribution is 0.105. The molecular formula is C26H29N3O4. The van der Waals surface area contributed by atoms with E-state index in [-0.39, 0.29) is 13.2 Å². The third-order valence-electron chi connectivity index (χ3n) is 5.32.